The molecule has 28 heavy (non-hydrogen) atoms. The van der Waals surface area contributed by atoms with Crippen LogP contribution in [0.15, 0.2) is 61.1 Å². The summed E-state index contributed by atoms with van der Waals surface area (Å²) in [6, 6.07) is 14.3. The highest BCUT2D eigenvalue weighted by Crippen LogP contribution is 2.35. The lowest BCUT2D eigenvalue weighted by atomic mass is 10.2. The van der Waals surface area contributed by atoms with Gasteiger partial charge in [-0.2, -0.15) is 0 Å². The van der Waals surface area contributed by atoms with Crippen molar-refractivity contribution in [3.63, 3.8) is 0 Å². The van der Waals surface area contributed by atoms with E-state index >= 15 is 0 Å². The number of anilines is 3. The molecule has 140 valence electrons. The highest BCUT2D eigenvalue weighted by molar-refractivity contribution is 7.21. The monoisotopic (exact) mass is 389 g/mol. The van der Waals surface area contributed by atoms with Crippen LogP contribution in [0.5, 0.6) is 0 Å². The van der Waals surface area contributed by atoms with Crippen molar-refractivity contribution in [1.82, 2.24) is 15.0 Å². The van der Waals surface area contributed by atoms with Crippen molar-refractivity contribution in [3.8, 4) is 10.6 Å². The third-order valence-electron chi connectivity index (χ3n) is 4.73. The summed E-state index contributed by atoms with van der Waals surface area (Å²) in [4.78, 5) is 16.0. The molecule has 1 aromatic carbocycles. The predicted molar refractivity (Wildman–Crippen MR) is 113 cm³/mol. The van der Waals surface area contributed by atoms with Gasteiger partial charge in [0.25, 0.3) is 0 Å². The highest BCUT2D eigenvalue weighted by Gasteiger charge is 2.17. The van der Waals surface area contributed by atoms with Crippen molar-refractivity contribution in [3.05, 3.63) is 61.1 Å². The van der Waals surface area contributed by atoms with Crippen molar-refractivity contribution < 1.29 is 4.74 Å². The van der Waals surface area contributed by atoms with Gasteiger partial charge >= 0.3 is 0 Å². The van der Waals surface area contributed by atoms with E-state index in [2.05, 4.69) is 32.3 Å². The zero-order valence-corrected chi connectivity index (χ0v) is 16.0. The smallest absolute Gasteiger partial charge is 0.157 e. The van der Waals surface area contributed by atoms with Gasteiger partial charge in [0.1, 0.15) is 10.5 Å². The lowest BCUT2D eigenvalue weighted by Crippen LogP contribution is -2.36. The summed E-state index contributed by atoms with van der Waals surface area (Å²) in [5.74, 6) is 0.749. The molecule has 0 aliphatic carbocycles. The predicted octanol–water partition coefficient (Wildman–Crippen LogP) is 4.33. The van der Waals surface area contributed by atoms with Crippen molar-refractivity contribution in [2.24, 2.45) is 0 Å². The molecule has 0 bridgehead atoms. The van der Waals surface area contributed by atoms with Crippen LogP contribution in [0.25, 0.3) is 20.8 Å². The number of hydrogen-bond acceptors (Lipinski definition) is 7. The minimum atomic E-state index is 0.738. The number of rotatable bonds is 4. The molecular weight excluding hydrogens is 370 g/mol. The Morgan fingerprint density at radius 2 is 1.86 bits per heavy atom. The summed E-state index contributed by atoms with van der Waals surface area (Å²) in [5, 5.41) is 4.46. The number of fused-ring (bicyclic) bond motifs is 1. The number of morpholine rings is 1. The lowest BCUT2D eigenvalue weighted by molar-refractivity contribution is 0.123. The number of aromatic nitrogens is 3. The fourth-order valence-corrected chi connectivity index (χ4v) is 4.31. The van der Waals surface area contributed by atoms with Crippen LogP contribution in [0.2, 0.25) is 0 Å². The molecule has 4 aromatic rings. The Morgan fingerprint density at radius 1 is 1.00 bits per heavy atom. The molecule has 7 heteroatoms. The Labute approximate surface area is 166 Å². The molecule has 3 aromatic heterocycles. The van der Waals surface area contributed by atoms with Gasteiger partial charge in [0, 0.05) is 31.0 Å². The van der Waals surface area contributed by atoms with E-state index in [-0.39, 0.29) is 0 Å². The first kappa shape index (κ1) is 17.1. The second kappa shape index (κ2) is 7.53. The number of nitrogens with one attached hydrogen (secondary N) is 1. The van der Waals surface area contributed by atoms with Gasteiger partial charge in [-0.05, 0) is 12.1 Å². The fraction of sp³-hybridized carbons (Fsp3) is 0.190. The van der Waals surface area contributed by atoms with E-state index in [4.69, 9.17) is 9.72 Å². The molecule has 1 aliphatic rings. The second-order valence-electron chi connectivity index (χ2n) is 6.51. The summed E-state index contributed by atoms with van der Waals surface area (Å²) < 4.78 is 6.59. The van der Waals surface area contributed by atoms with E-state index in [9.17, 15) is 0 Å². The lowest BCUT2D eigenvalue weighted by Gasteiger charge is -2.30. The molecule has 0 unspecified atom stereocenters. The maximum Gasteiger partial charge on any atom is 0.157 e. The van der Waals surface area contributed by atoms with Gasteiger partial charge in [0.2, 0.25) is 0 Å². The molecule has 6 nitrogen and oxygen atoms in total. The zero-order valence-electron chi connectivity index (χ0n) is 15.2. The van der Waals surface area contributed by atoms with Crippen LogP contribution in [0.3, 0.4) is 0 Å². The number of nitrogens with zero attached hydrogens (tertiary/aromatic N) is 4. The van der Waals surface area contributed by atoms with Crippen LogP contribution in [0.1, 0.15) is 0 Å². The number of ether oxygens (including phenoxy) is 1. The third kappa shape index (κ3) is 3.30. The van der Waals surface area contributed by atoms with E-state index < -0.39 is 0 Å². The molecule has 4 heterocycles. The molecule has 0 atom stereocenters. The molecule has 0 radical (unpaired) electrons. The molecule has 0 saturated carbocycles. The van der Waals surface area contributed by atoms with Crippen LogP contribution < -0.4 is 10.2 Å². The number of hydrogen-bond donors (Lipinski definition) is 1. The topological polar surface area (TPSA) is 63.2 Å². The molecule has 1 N–H and O–H groups in total. The van der Waals surface area contributed by atoms with Crippen LogP contribution >= 0.6 is 11.3 Å². The number of benzene rings is 1. The first-order valence-electron chi connectivity index (χ1n) is 9.23. The Bertz CT molecular complexity index is 1090. The van der Waals surface area contributed by atoms with Crippen LogP contribution in [-0.4, -0.2) is 41.3 Å². The SMILES string of the molecule is c1ccc(-c2nc3c(Nc4cnccc4N4CCOCC4)nccc3s2)cc1. The minimum absolute atomic E-state index is 0.738. The molecule has 5 rings (SSSR count). The van der Waals surface area contributed by atoms with Crippen molar-refractivity contribution in [1.29, 1.82) is 0 Å². The summed E-state index contributed by atoms with van der Waals surface area (Å²) >= 11 is 1.67. The van der Waals surface area contributed by atoms with Gasteiger partial charge in [0.05, 0.1) is 35.5 Å². The summed E-state index contributed by atoms with van der Waals surface area (Å²) in [6.07, 6.45) is 5.48. The average molecular weight is 389 g/mol. The quantitative estimate of drug-likeness (QED) is 0.560. The fourth-order valence-electron chi connectivity index (χ4n) is 3.34. The molecule has 0 spiro atoms. The zero-order chi connectivity index (χ0) is 18.8. The van der Waals surface area contributed by atoms with Gasteiger partial charge in [-0.3, -0.25) is 4.98 Å². The first-order chi connectivity index (χ1) is 13.9. The molecule has 1 fully saturated rings. The van der Waals surface area contributed by atoms with Gasteiger partial charge in [-0.15, -0.1) is 11.3 Å². The van der Waals surface area contributed by atoms with Gasteiger partial charge in [-0.25, -0.2) is 9.97 Å². The molecule has 1 saturated heterocycles. The number of thiazole rings is 1. The van der Waals surface area contributed by atoms with Gasteiger partial charge in [0.15, 0.2) is 5.82 Å². The van der Waals surface area contributed by atoms with E-state index in [0.717, 1.165) is 64.3 Å². The third-order valence-corrected chi connectivity index (χ3v) is 5.80. The summed E-state index contributed by atoms with van der Waals surface area (Å²) in [7, 11) is 0. The van der Waals surface area contributed by atoms with Gasteiger partial charge in [-0.1, -0.05) is 30.3 Å². The Balaban J connectivity index is 1.52. The Kier molecular flexibility index (Phi) is 4.60. The standard InChI is InChI=1S/C21H19N5OS/c1-2-4-15(5-3-1)21-25-19-18(28-21)7-9-23-20(19)24-16-14-22-8-6-17(16)26-10-12-27-13-11-26/h1-9,14H,10-13H2,(H,23,24). The van der Waals surface area contributed by atoms with Gasteiger partial charge < -0.3 is 15.0 Å². The minimum Gasteiger partial charge on any atom is -0.378 e. The number of pyridine rings is 2. The maximum absolute atomic E-state index is 5.48. The van der Waals surface area contributed by atoms with Crippen molar-refractivity contribution >= 4 is 38.7 Å². The Hall–Kier alpha value is -3.03. The van der Waals surface area contributed by atoms with Crippen molar-refractivity contribution in [2.75, 3.05) is 36.5 Å². The molecular formula is C21H19N5OS. The average Bonchev–Trinajstić information content (AvgIpc) is 3.21. The molecule has 1 aliphatic heterocycles. The Morgan fingerprint density at radius 3 is 2.71 bits per heavy atom. The van der Waals surface area contributed by atoms with Crippen LogP contribution in [-0.2, 0) is 4.74 Å². The van der Waals surface area contributed by atoms with Crippen LogP contribution in [0, 0.1) is 0 Å². The summed E-state index contributed by atoms with van der Waals surface area (Å²) in [6.45, 7) is 3.21. The maximum atomic E-state index is 5.48. The second-order valence-corrected chi connectivity index (χ2v) is 7.54. The van der Waals surface area contributed by atoms with E-state index in [0.29, 0.717) is 0 Å². The molecule has 0 amide bonds. The van der Waals surface area contributed by atoms with Crippen molar-refractivity contribution in [2.45, 2.75) is 0 Å². The highest BCUT2D eigenvalue weighted by atomic mass is 32.1. The summed E-state index contributed by atoms with van der Waals surface area (Å²) in [5.41, 5.74) is 4.03. The van der Waals surface area contributed by atoms with E-state index in [1.165, 1.54) is 0 Å². The van der Waals surface area contributed by atoms with E-state index in [1.54, 1.807) is 11.3 Å². The largest absolute Gasteiger partial charge is 0.378 e. The first-order valence-corrected chi connectivity index (χ1v) is 10.0. The van der Waals surface area contributed by atoms with E-state index in [1.807, 2.05) is 48.9 Å². The van der Waals surface area contributed by atoms with Crippen LogP contribution in [0.4, 0.5) is 17.2 Å². The normalized spacial score (nSPS) is 14.4.